The molecular weight excluding hydrogens is 240 g/mol. The Balaban J connectivity index is 1.97. The van der Waals surface area contributed by atoms with Crippen molar-refractivity contribution in [3.63, 3.8) is 0 Å². The Morgan fingerprint density at radius 3 is 2.50 bits per heavy atom. The van der Waals surface area contributed by atoms with Gasteiger partial charge in [0.25, 0.3) is 0 Å². The van der Waals surface area contributed by atoms with Crippen LogP contribution in [-0.2, 0) is 0 Å². The fourth-order valence-electron chi connectivity index (χ4n) is 4.16. The zero-order valence-electron chi connectivity index (χ0n) is 14.0. The second-order valence-corrected chi connectivity index (χ2v) is 7.22. The predicted octanol–water partition coefficient (Wildman–Crippen LogP) is 6.68. The summed E-state index contributed by atoms with van der Waals surface area (Å²) in [5, 5.41) is 0. The first-order valence-corrected chi connectivity index (χ1v) is 9.15. The lowest BCUT2D eigenvalue weighted by molar-refractivity contribution is 0.487. The van der Waals surface area contributed by atoms with Gasteiger partial charge in [-0.05, 0) is 56.3 Å². The van der Waals surface area contributed by atoms with E-state index in [0.717, 1.165) is 17.8 Å². The van der Waals surface area contributed by atoms with Gasteiger partial charge >= 0.3 is 0 Å². The van der Waals surface area contributed by atoms with Gasteiger partial charge in [-0.15, -0.1) is 0 Å². The van der Waals surface area contributed by atoms with Gasteiger partial charge in [-0.1, -0.05) is 69.8 Å². The molecule has 2 rings (SSSR count). The lowest BCUT2D eigenvalue weighted by atomic mass is 9.79. The predicted molar refractivity (Wildman–Crippen MR) is 89.8 cm³/mol. The molecule has 1 fully saturated rings. The van der Waals surface area contributed by atoms with E-state index in [1.54, 1.807) is 5.57 Å². The molecule has 2 aliphatic rings. The fraction of sp³-hybridized carbons (Fsp3) is 0.800. The Kier molecular flexibility index (Phi) is 6.39. The maximum absolute atomic E-state index is 2.64. The molecule has 0 aromatic rings. The molecule has 2 aliphatic carbocycles. The second-order valence-electron chi connectivity index (χ2n) is 7.22. The SMILES string of the molecule is CCCCCCC1=CC(CCCC)=CC2CC(C)CC12. The normalized spacial score (nSPS) is 29.1. The molecule has 3 atom stereocenters. The monoisotopic (exact) mass is 274 g/mol. The van der Waals surface area contributed by atoms with Crippen LogP contribution in [0, 0.1) is 17.8 Å². The van der Waals surface area contributed by atoms with Crippen molar-refractivity contribution in [3.05, 3.63) is 23.3 Å². The van der Waals surface area contributed by atoms with Crippen LogP contribution in [0.3, 0.4) is 0 Å². The van der Waals surface area contributed by atoms with Gasteiger partial charge in [-0.25, -0.2) is 0 Å². The van der Waals surface area contributed by atoms with E-state index in [1.807, 2.05) is 5.57 Å². The van der Waals surface area contributed by atoms with Crippen molar-refractivity contribution in [2.75, 3.05) is 0 Å². The van der Waals surface area contributed by atoms with Gasteiger partial charge in [0.15, 0.2) is 0 Å². The molecule has 1 saturated carbocycles. The molecule has 0 N–H and O–H groups in total. The third-order valence-electron chi connectivity index (χ3n) is 5.26. The van der Waals surface area contributed by atoms with Gasteiger partial charge in [0.2, 0.25) is 0 Å². The molecule has 0 amide bonds. The summed E-state index contributed by atoms with van der Waals surface area (Å²) < 4.78 is 0. The summed E-state index contributed by atoms with van der Waals surface area (Å²) in [5.41, 5.74) is 3.47. The minimum Gasteiger partial charge on any atom is -0.0776 e. The standard InChI is InChI=1S/C20H34/c1-4-6-8-9-11-18-14-17(10-7-5-2)15-19-12-16(3)13-20(18)19/h14-16,19-20H,4-13H2,1-3H3. The van der Waals surface area contributed by atoms with Crippen molar-refractivity contribution in [1.29, 1.82) is 0 Å². The van der Waals surface area contributed by atoms with Crippen molar-refractivity contribution in [1.82, 2.24) is 0 Å². The van der Waals surface area contributed by atoms with E-state index in [4.69, 9.17) is 0 Å². The third-order valence-corrected chi connectivity index (χ3v) is 5.26. The van der Waals surface area contributed by atoms with Crippen molar-refractivity contribution in [3.8, 4) is 0 Å². The summed E-state index contributed by atoms with van der Waals surface area (Å²) in [7, 11) is 0. The highest BCUT2D eigenvalue weighted by Crippen LogP contribution is 2.46. The average Bonchev–Trinajstić information content (AvgIpc) is 2.81. The van der Waals surface area contributed by atoms with E-state index in [1.165, 1.54) is 64.2 Å². The van der Waals surface area contributed by atoms with Crippen molar-refractivity contribution < 1.29 is 0 Å². The van der Waals surface area contributed by atoms with E-state index in [-0.39, 0.29) is 0 Å². The average molecular weight is 274 g/mol. The molecule has 0 aromatic heterocycles. The van der Waals surface area contributed by atoms with E-state index in [0.29, 0.717) is 0 Å². The van der Waals surface area contributed by atoms with Crippen LogP contribution < -0.4 is 0 Å². The van der Waals surface area contributed by atoms with Crippen LogP contribution in [0.2, 0.25) is 0 Å². The summed E-state index contributed by atoms with van der Waals surface area (Å²) >= 11 is 0. The van der Waals surface area contributed by atoms with Crippen LogP contribution in [0.15, 0.2) is 23.3 Å². The van der Waals surface area contributed by atoms with E-state index in [9.17, 15) is 0 Å². The van der Waals surface area contributed by atoms with Crippen LogP contribution in [0.1, 0.15) is 85.0 Å². The van der Waals surface area contributed by atoms with Gasteiger partial charge < -0.3 is 0 Å². The third kappa shape index (κ3) is 4.24. The summed E-state index contributed by atoms with van der Waals surface area (Å²) in [6.45, 7) is 7.06. The molecule has 20 heavy (non-hydrogen) atoms. The number of fused-ring (bicyclic) bond motifs is 1. The van der Waals surface area contributed by atoms with Crippen molar-refractivity contribution in [2.24, 2.45) is 17.8 Å². The quantitative estimate of drug-likeness (QED) is 0.433. The Bertz CT molecular complexity index is 347. The Labute approximate surface area is 126 Å². The smallest absolute Gasteiger partial charge is 0.0134 e. The number of hydrogen-bond donors (Lipinski definition) is 0. The van der Waals surface area contributed by atoms with E-state index >= 15 is 0 Å². The highest BCUT2D eigenvalue weighted by Gasteiger charge is 2.34. The molecule has 0 heterocycles. The molecule has 0 saturated heterocycles. The minimum atomic E-state index is 0.878. The zero-order chi connectivity index (χ0) is 14.4. The van der Waals surface area contributed by atoms with Crippen LogP contribution in [0.5, 0.6) is 0 Å². The first-order chi connectivity index (χ1) is 9.74. The Morgan fingerprint density at radius 1 is 0.950 bits per heavy atom. The van der Waals surface area contributed by atoms with Crippen molar-refractivity contribution >= 4 is 0 Å². The molecule has 0 spiro atoms. The van der Waals surface area contributed by atoms with Crippen molar-refractivity contribution in [2.45, 2.75) is 85.0 Å². The maximum Gasteiger partial charge on any atom is -0.0134 e. The fourth-order valence-corrected chi connectivity index (χ4v) is 4.16. The van der Waals surface area contributed by atoms with Gasteiger partial charge in [0, 0.05) is 0 Å². The number of rotatable bonds is 8. The summed E-state index contributed by atoms with van der Waals surface area (Å²) in [4.78, 5) is 0. The number of allylic oxidation sites excluding steroid dienone is 4. The van der Waals surface area contributed by atoms with Crippen LogP contribution in [0.25, 0.3) is 0 Å². The van der Waals surface area contributed by atoms with E-state index in [2.05, 4.69) is 32.9 Å². The van der Waals surface area contributed by atoms with Crippen LogP contribution in [-0.4, -0.2) is 0 Å². The van der Waals surface area contributed by atoms with Gasteiger partial charge in [0.05, 0.1) is 0 Å². The molecule has 0 bridgehead atoms. The van der Waals surface area contributed by atoms with Crippen LogP contribution in [0.4, 0.5) is 0 Å². The topological polar surface area (TPSA) is 0 Å². The molecule has 0 nitrogen and oxygen atoms in total. The van der Waals surface area contributed by atoms with Gasteiger partial charge in [0.1, 0.15) is 0 Å². The summed E-state index contributed by atoms with van der Waals surface area (Å²) in [5.74, 6) is 2.71. The highest BCUT2D eigenvalue weighted by molar-refractivity contribution is 5.33. The summed E-state index contributed by atoms with van der Waals surface area (Å²) in [6.07, 6.45) is 19.1. The first kappa shape index (κ1) is 15.9. The molecular formula is C20H34. The van der Waals surface area contributed by atoms with E-state index < -0.39 is 0 Å². The summed E-state index contributed by atoms with van der Waals surface area (Å²) in [6, 6.07) is 0. The first-order valence-electron chi connectivity index (χ1n) is 9.15. The molecule has 0 heteroatoms. The molecule has 0 aromatic carbocycles. The highest BCUT2D eigenvalue weighted by atomic mass is 14.4. The molecule has 0 radical (unpaired) electrons. The zero-order valence-corrected chi connectivity index (χ0v) is 14.0. The van der Waals surface area contributed by atoms with Gasteiger partial charge in [-0.2, -0.15) is 0 Å². The lowest BCUT2D eigenvalue weighted by Gasteiger charge is -2.26. The Hall–Kier alpha value is -0.520. The molecule has 114 valence electrons. The maximum atomic E-state index is 2.64. The molecule has 3 unspecified atom stereocenters. The minimum absolute atomic E-state index is 0.878. The Morgan fingerprint density at radius 2 is 1.75 bits per heavy atom. The lowest BCUT2D eigenvalue weighted by Crippen LogP contribution is -2.13. The van der Waals surface area contributed by atoms with Gasteiger partial charge in [-0.3, -0.25) is 0 Å². The molecule has 0 aliphatic heterocycles. The number of unbranched alkanes of at least 4 members (excludes halogenated alkanes) is 4. The number of hydrogen-bond acceptors (Lipinski definition) is 0. The second kappa shape index (κ2) is 8.05. The largest absolute Gasteiger partial charge is 0.0776 e. The van der Waals surface area contributed by atoms with Crippen LogP contribution >= 0.6 is 0 Å².